The van der Waals surface area contributed by atoms with Crippen LogP contribution in [-0.4, -0.2) is 31.0 Å². The van der Waals surface area contributed by atoms with Crippen molar-refractivity contribution in [2.24, 2.45) is 10.4 Å². The minimum atomic E-state index is -0.564. The Balaban J connectivity index is 0.00000450. The zero-order chi connectivity index (χ0) is 37.9. The smallest absolute Gasteiger partial charge is 0.525 e. The van der Waals surface area contributed by atoms with Crippen LogP contribution in [0.2, 0.25) is 0 Å². The maximum Gasteiger partial charge on any atom is 2.00 e. The van der Waals surface area contributed by atoms with E-state index in [1.165, 1.54) is 33.4 Å². The van der Waals surface area contributed by atoms with E-state index < -0.39 is 11.1 Å². The number of hydrogen-bond donors (Lipinski definition) is 0. The molecule has 4 aromatic heterocycles. The molecule has 2 atom stereocenters. The number of ether oxygens (including phenoxy) is 2. The van der Waals surface area contributed by atoms with Crippen molar-refractivity contribution in [1.29, 1.82) is 0 Å². The van der Waals surface area contributed by atoms with Gasteiger partial charge in [-0.2, -0.15) is 6.07 Å². The molecule has 0 bridgehead atoms. The van der Waals surface area contributed by atoms with Crippen molar-refractivity contribution in [3.63, 3.8) is 0 Å². The number of benzene rings is 2. The summed E-state index contributed by atoms with van der Waals surface area (Å²) in [6.45, 7) is 26.6. The second-order valence-corrected chi connectivity index (χ2v) is 18.3. The fourth-order valence-corrected chi connectivity index (χ4v) is 8.30. The van der Waals surface area contributed by atoms with Crippen LogP contribution in [-0.2, 0) is 48.6 Å². The zero-order valence-electron chi connectivity index (χ0n) is 33.4. The minimum absolute atomic E-state index is 0. The van der Waals surface area contributed by atoms with Crippen molar-refractivity contribution in [3.05, 3.63) is 118 Å². The fourth-order valence-electron chi connectivity index (χ4n) is 8.30. The Morgan fingerprint density at radius 3 is 2.13 bits per heavy atom. The summed E-state index contributed by atoms with van der Waals surface area (Å²) in [6, 6.07) is 24.2. The van der Waals surface area contributed by atoms with Crippen LogP contribution < -0.4 is 4.74 Å². The van der Waals surface area contributed by atoms with Gasteiger partial charge in [0.25, 0.3) is 0 Å². The van der Waals surface area contributed by atoms with Crippen LogP contribution in [0.15, 0.2) is 72.1 Å². The van der Waals surface area contributed by atoms with E-state index in [1.807, 2.05) is 18.5 Å². The molecule has 54 heavy (non-hydrogen) atoms. The minimum Gasteiger partial charge on any atom is -0.525 e. The van der Waals surface area contributed by atoms with E-state index in [9.17, 15) is 0 Å². The molecule has 2 aromatic carbocycles. The summed E-state index contributed by atoms with van der Waals surface area (Å²) in [5, 5.41) is 2.06. The molecule has 1 aliphatic carbocycles. The molecule has 0 unspecified atom stereocenters. The van der Waals surface area contributed by atoms with Gasteiger partial charge >= 0.3 is 21.1 Å². The standard InChI is InChI=1S/C46H49N5O2.Pt/c1-27-19-30-25-46(44(9,10)11)45(12,35(30)20-28(27)2)50-41(53-46)29-15-17-48-39(21-29)52-40-24-37-34(26-49-40)33-22-31(42(3,4)5)13-14-36(33)51(37)38-23-32(16-18-47-38)43(6,7)8;/h13-20,22-23,26H,25H2,1-12H3;/q-2;+2/t45-,46-;/m1./s1. The third-order valence-electron chi connectivity index (χ3n) is 11.6. The predicted octanol–water partition coefficient (Wildman–Crippen LogP) is 10.6. The van der Waals surface area contributed by atoms with Crippen molar-refractivity contribution in [1.82, 2.24) is 19.5 Å². The maximum absolute atomic E-state index is 7.02. The molecule has 1 aliphatic heterocycles. The molecule has 0 spiro atoms. The van der Waals surface area contributed by atoms with E-state index in [4.69, 9.17) is 24.4 Å². The third kappa shape index (κ3) is 5.89. The Hall–Kier alpha value is -4.35. The van der Waals surface area contributed by atoms with Crippen molar-refractivity contribution >= 4 is 27.7 Å². The molecular formula is C46H49N5O2Pt. The van der Waals surface area contributed by atoms with Gasteiger partial charge in [-0.05, 0) is 95.6 Å². The summed E-state index contributed by atoms with van der Waals surface area (Å²) >= 11 is 0. The molecule has 5 heterocycles. The molecule has 2 aliphatic rings. The monoisotopic (exact) mass is 898 g/mol. The molecular weight excluding hydrogens is 850 g/mol. The summed E-state index contributed by atoms with van der Waals surface area (Å²) in [6.07, 6.45) is 6.24. The SMILES string of the molecule is Cc1cc2c(cc1C)[C@@]1(C)N=C(c3[c-]c(Oc4[c-]c5c(cn4)c4cc(C(C)(C)C)ccc4n5-c4cc(C(C)(C)C)ccn4)ncc3)O[C@@]1(C(C)(C)C)C2.[Pt+2]. The first kappa shape index (κ1) is 37.9. The summed E-state index contributed by atoms with van der Waals surface area (Å²) in [7, 11) is 0. The van der Waals surface area contributed by atoms with Gasteiger partial charge in [-0.15, -0.1) is 28.6 Å². The number of rotatable bonds is 4. The molecule has 0 saturated carbocycles. The first-order valence-electron chi connectivity index (χ1n) is 18.6. The number of aryl methyl sites for hydroxylation is 2. The molecule has 280 valence electrons. The van der Waals surface area contributed by atoms with E-state index >= 15 is 0 Å². The van der Waals surface area contributed by atoms with E-state index in [0.29, 0.717) is 11.5 Å². The Morgan fingerprint density at radius 1 is 0.759 bits per heavy atom. The molecule has 8 heteroatoms. The molecule has 0 saturated heterocycles. The quantitative estimate of drug-likeness (QED) is 0.165. The van der Waals surface area contributed by atoms with Gasteiger partial charge < -0.3 is 14.0 Å². The number of pyridine rings is 3. The zero-order valence-corrected chi connectivity index (χ0v) is 35.7. The Labute approximate surface area is 333 Å². The number of hydrogen-bond acceptors (Lipinski definition) is 6. The third-order valence-corrected chi connectivity index (χ3v) is 11.6. The first-order chi connectivity index (χ1) is 24.8. The fraction of sp³-hybridized carbons (Fsp3) is 0.391. The van der Waals surface area contributed by atoms with Crippen molar-refractivity contribution in [3.8, 4) is 17.6 Å². The van der Waals surface area contributed by atoms with Crippen molar-refractivity contribution in [2.75, 3.05) is 0 Å². The van der Waals surface area contributed by atoms with Gasteiger partial charge in [0.1, 0.15) is 28.7 Å². The number of fused-ring (bicyclic) bond motifs is 6. The second-order valence-electron chi connectivity index (χ2n) is 18.3. The summed E-state index contributed by atoms with van der Waals surface area (Å²) in [4.78, 5) is 19.5. The number of aromatic nitrogens is 4. The van der Waals surface area contributed by atoms with Crippen LogP contribution in [0.5, 0.6) is 11.8 Å². The Bertz CT molecular complexity index is 2500. The van der Waals surface area contributed by atoms with Crippen LogP contribution in [0.25, 0.3) is 27.6 Å². The van der Waals surface area contributed by atoms with Crippen molar-refractivity contribution in [2.45, 2.75) is 111 Å². The van der Waals surface area contributed by atoms with Crippen LogP contribution in [0.1, 0.15) is 108 Å². The van der Waals surface area contributed by atoms with E-state index in [2.05, 4.69) is 147 Å². The van der Waals surface area contributed by atoms with E-state index in [-0.39, 0.29) is 49.1 Å². The molecule has 0 radical (unpaired) electrons. The first-order valence-corrected chi connectivity index (χ1v) is 18.6. The summed E-state index contributed by atoms with van der Waals surface area (Å²) < 4.78 is 15.5. The topological polar surface area (TPSA) is 74.4 Å². The summed E-state index contributed by atoms with van der Waals surface area (Å²) in [5.74, 6) is 1.91. The van der Waals surface area contributed by atoms with E-state index in [0.717, 1.165) is 34.0 Å². The van der Waals surface area contributed by atoms with Crippen LogP contribution in [0.3, 0.4) is 0 Å². The molecule has 0 amide bonds. The molecule has 6 aromatic rings. The second kappa shape index (κ2) is 12.6. The van der Waals surface area contributed by atoms with Crippen LogP contribution in [0.4, 0.5) is 0 Å². The average molecular weight is 899 g/mol. The van der Waals surface area contributed by atoms with Crippen LogP contribution in [0, 0.1) is 31.4 Å². The van der Waals surface area contributed by atoms with Gasteiger partial charge in [0.05, 0.1) is 0 Å². The van der Waals surface area contributed by atoms with Gasteiger partial charge in [-0.3, -0.25) is 9.98 Å². The Morgan fingerprint density at radius 2 is 1.43 bits per heavy atom. The normalized spacial score (nSPS) is 19.7. The largest absolute Gasteiger partial charge is 2.00 e. The molecule has 8 rings (SSSR count). The van der Waals surface area contributed by atoms with Gasteiger partial charge in [0.2, 0.25) is 0 Å². The Kier molecular flexibility index (Phi) is 8.85. The van der Waals surface area contributed by atoms with Gasteiger partial charge in [-0.1, -0.05) is 92.0 Å². The average Bonchev–Trinajstić information content (AvgIpc) is 3.65. The molecule has 0 N–H and O–H groups in total. The van der Waals surface area contributed by atoms with Gasteiger partial charge in [0.15, 0.2) is 5.88 Å². The molecule has 0 fully saturated rings. The summed E-state index contributed by atoms with van der Waals surface area (Å²) in [5.41, 5.74) is 8.68. The predicted molar refractivity (Wildman–Crippen MR) is 213 cm³/mol. The van der Waals surface area contributed by atoms with Gasteiger partial charge in [-0.25, -0.2) is 9.97 Å². The number of aliphatic imine (C=N–C) groups is 1. The molecule has 7 nitrogen and oxygen atoms in total. The van der Waals surface area contributed by atoms with Crippen LogP contribution >= 0.6 is 0 Å². The number of nitrogens with zero attached hydrogens (tertiary/aromatic N) is 5. The maximum atomic E-state index is 7.02. The van der Waals surface area contributed by atoms with Gasteiger partial charge in [0, 0.05) is 23.5 Å². The van der Waals surface area contributed by atoms with Crippen molar-refractivity contribution < 1.29 is 30.5 Å². The van der Waals surface area contributed by atoms with E-state index in [1.54, 1.807) is 6.20 Å².